The molecule has 0 spiro atoms. The van der Waals surface area contributed by atoms with Gasteiger partial charge in [0, 0.05) is 0 Å². The largest absolute Gasteiger partial charge is 0.573 e. The number of alkyl halides is 5. The topological polar surface area (TPSA) is 48.4 Å². The third-order valence-electron chi connectivity index (χ3n) is 1.83. The Balaban J connectivity index is 3.45. The van der Waals surface area contributed by atoms with Crippen LogP contribution in [0.4, 0.5) is 22.0 Å². The van der Waals surface area contributed by atoms with E-state index < -0.39 is 35.5 Å². The monoisotopic (exact) mass is 271 g/mol. The molecule has 0 bridgehead atoms. The zero-order chi connectivity index (χ0) is 13.9. The fourth-order valence-electron chi connectivity index (χ4n) is 1.18. The molecule has 0 saturated carbocycles. The van der Waals surface area contributed by atoms with E-state index in [0.717, 1.165) is 7.11 Å². The summed E-state index contributed by atoms with van der Waals surface area (Å²) < 4.78 is 69.5. The zero-order valence-corrected chi connectivity index (χ0v) is 8.79. The molecule has 0 aliphatic carbocycles. The lowest BCUT2D eigenvalue weighted by Crippen LogP contribution is -2.19. The predicted molar refractivity (Wildman–Crippen MR) is 47.8 cm³/mol. The van der Waals surface area contributed by atoms with Crippen LogP contribution in [0, 0.1) is 0 Å². The molecule has 0 fully saturated rings. The fraction of sp³-hybridized carbons (Fsp3) is 0.333. The lowest BCUT2D eigenvalue weighted by molar-refractivity contribution is -0.275. The summed E-state index contributed by atoms with van der Waals surface area (Å²) in [5, 5.41) is 0. The summed E-state index contributed by atoms with van der Waals surface area (Å²) in [6.07, 6.45) is -7.97. The quantitative estimate of drug-likeness (QED) is 0.624. The van der Waals surface area contributed by atoms with Crippen molar-refractivity contribution in [1.82, 2.24) is 4.98 Å². The Morgan fingerprint density at radius 1 is 1.39 bits per heavy atom. The molecule has 4 nitrogen and oxygen atoms in total. The molecule has 0 radical (unpaired) electrons. The van der Waals surface area contributed by atoms with Crippen LogP contribution in [0.2, 0.25) is 0 Å². The summed E-state index contributed by atoms with van der Waals surface area (Å²) in [5.41, 5.74) is -2.10. The van der Waals surface area contributed by atoms with E-state index in [1.165, 1.54) is 0 Å². The number of carbonyl (C=O) groups excluding carboxylic acids is 1. The molecule has 18 heavy (non-hydrogen) atoms. The van der Waals surface area contributed by atoms with Crippen LogP contribution in [0.25, 0.3) is 0 Å². The number of aromatic nitrogens is 1. The highest BCUT2D eigenvalue weighted by Crippen LogP contribution is 2.40. The minimum atomic E-state index is -5.20. The molecule has 9 heteroatoms. The van der Waals surface area contributed by atoms with Gasteiger partial charge in [0.05, 0.1) is 18.9 Å². The Morgan fingerprint density at radius 3 is 2.39 bits per heavy atom. The van der Waals surface area contributed by atoms with Gasteiger partial charge >= 0.3 is 6.36 Å². The average molecular weight is 271 g/mol. The Kier molecular flexibility index (Phi) is 4.04. The summed E-state index contributed by atoms with van der Waals surface area (Å²) >= 11 is 0. The Hall–Kier alpha value is -1.93. The number of hydrogen-bond acceptors (Lipinski definition) is 4. The second kappa shape index (κ2) is 5.15. The molecule has 0 saturated heterocycles. The van der Waals surface area contributed by atoms with E-state index in [4.69, 9.17) is 0 Å². The van der Waals surface area contributed by atoms with Crippen LogP contribution in [-0.4, -0.2) is 24.7 Å². The van der Waals surface area contributed by atoms with Crippen molar-refractivity contribution in [2.75, 3.05) is 7.11 Å². The maximum atomic E-state index is 12.7. The van der Waals surface area contributed by atoms with E-state index in [9.17, 15) is 26.7 Å². The first-order chi connectivity index (χ1) is 8.30. The summed E-state index contributed by atoms with van der Waals surface area (Å²) in [7, 11) is 0.954. The van der Waals surface area contributed by atoms with Gasteiger partial charge in [-0.3, -0.25) is 4.79 Å². The summed E-state index contributed by atoms with van der Waals surface area (Å²) in [4.78, 5) is 13.7. The van der Waals surface area contributed by atoms with Crippen LogP contribution in [0.15, 0.2) is 6.20 Å². The number of pyridine rings is 1. The van der Waals surface area contributed by atoms with Gasteiger partial charge in [0.1, 0.15) is 5.69 Å². The lowest BCUT2D eigenvalue weighted by atomic mass is 10.2. The molecule has 1 rings (SSSR count). The molecule has 0 aliphatic heterocycles. The zero-order valence-electron chi connectivity index (χ0n) is 8.79. The van der Waals surface area contributed by atoms with Gasteiger partial charge in [0.2, 0.25) is 0 Å². The molecule has 0 amide bonds. The van der Waals surface area contributed by atoms with Crippen molar-refractivity contribution >= 4 is 6.29 Å². The van der Waals surface area contributed by atoms with Crippen molar-refractivity contribution in [3.05, 3.63) is 17.5 Å². The number of ether oxygens (including phenoxy) is 2. The van der Waals surface area contributed by atoms with Gasteiger partial charge in [0.15, 0.2) is 17.8 Å². The third kappa shape index (κ3) is 3.05. The van der Waals surface area contributed by atoms with Gasteiger partial charge in [-0.15, -0.1) is 13.2 Å². The molecule has 0 aromatic carbocycles. The molecule has 0 aliphatic rings. The first-order valence-corrected chi connectivity index (χ1v) is 4.36. The normalized spacial score (nSPS) is 11.5. The van der Waals surface area contributed by atoms with E-state index >= 15 is 0 Å². The minimum absolute atomic E-state index is 0.0931. The van der Waals surface area contributed by atoms with E-state index in [0.29, 0.717) is 6.20 Å². The van der Waals surface area contributed by atoms with Crippen molar-refractivity contribution in [2.24, 2.45) is 0 Å². The van der Waals surface area contributed by atoms with Gasteiger partial charge in [-0.25, -0.2) is 13.8 Å². The maximum absolute atomic E-state index is 12.7. The third-order valence-corrected chi connectivity index (χ3v) is 1.83. The average Bonchev–Trinajstić information content (AvgIpc) is 2.25. The molecule has 1 aromatic rings. The number of aldehydes is 1. The van der Waals surface area contributed by atoms with Crippen molar-refractivity contribution < 1.29 is 36.2 Å². The van der Waals surface area contributed by atoms with Gasteiger partial charge in [-0.2, -0.15) is 0 Å². The number of nitrogens with zero attached hydrogens (tertiary/aromatic N) is 1. The Bertz CT molecular complexity index is 447. The number of carbonyl (C=O) groups is 1. The smallest absolute Gasteiger partial charge is 0.491 e. The predicted octanol–water partition coefficient (Wildman–Crippen LogP) is 2.74. The highest BCUT2D eigenvalue weighted by atomic mass is 19.4. The van der Waals surface area contributed by atoms with Crippen molar-refractivity contribution in [3.63, 3.8) is 0 Å². The van der Waals surface area contributed by atoms with Crippen molar-refractivity contribution in [3.8, 4) is 11.5 Å². The van der Waals surface area contributed by atoms with Crippen LogP contribution in [0.5, 0.6) is 11.5 Å². The second-order valence-corrected chi connectivity index (χ2v) is 2.92. The second-order valence-electron chi connectivity index (χ2n) is 2.92. The minimum Gasteiger partial charge on any atom is -0.491 e. The first-order valence-electron chi connectivity index (χ1n) is 4.36. The lowest BCUT2D eigenvalue weighted by Gasteiger charge is -2.16. The summed E-state index contributed by atoms with van der Waals surface area (Å²) in [5.74, 6) is -1.91. The highest BCUT2D eigenvalue weighted by molar-refractivity contribution is 5.77. The standard InChI is InChI=1S/C9H6F5NO3/c1-17-5-2-15-4(3-16)6(8(10)11)7(5)18-9(12,13)14/h2-3,8H,1H3. The van der Waals surface area contributed by atoms with E-state index in [1.807, 2.05) is 0 Å². The number of rotatable bonds is 4. The number of methoxy groups -OCH3 is 1. The maximum Gasteiger partial charge on any atom is 0.573 e. The molecule has 1 heterocycles. The molecular formula is C9H6F5NO3. The molecule has 1 aromatic heterocycles. The summed E-state index contributed by atoms with van der Waals surface area (Å²) in [6.45, 7) is 0. The van der Waals surface area contributed by atoms with Gasteiger partial charge in [-0.1, -0.05) is 0 Å². The molecule has 0 atom stereocenters. The molecule has 100 valence electrons. The van der Waals surface area contributed by atoms with Crippen LogP contribution < -0.4 is 9.47 Å². The van der Waals surface area contributed by atoms with Gasteiger partial charge < -0.3 is 9.47 Å². The highest BCUT2D eigenvalue weighted by Gasteiger charge is 2.36. The van der Waals surface area contributed by atoms with Gasteiger partial charge in [0.25, 0.3) is 6.43 Å². The van der Waals surface area contributed by atoms with Crippen LogP contribution in [-0.2, 0) is 0 Å². The SMILES string of the molecule is COc1cnc(C=O)c(C(F)F)c1OC(F)(F)F. The van der Waals surface area contributed by atoms with Crippen molar-refractivity contribution in [2.45, 2.75) is 12.8 Å². The van der Waals surface area contributed by atoms with Crippen LogP contribution >= 0.6 is 0 Å². The Labute approximate surface area is 97.3 Å². The van der Waals surface area contributed by atoms with Crippen LogP contribution in [0.3, 0.4) is 0 Å². The number of halogens is 5. The van der Waals surface area contributed by atoms with Crippen molar-refractivity contribution in [1.29, 1.82) is 0 Å². The van der Waals surface area contributed by atoms with E-state index in [2.05, 4.69) is 14.5 Å². The first kappa shape index (κ1) is 14.1. The van der Waals surface area contributed by atoms with E-state index in [1.54, 1.807) is 0 Å². The van der Waals surface area contributed by atoms with E-state index in [-0.39, 0.29) is 6.29 Å². The molecule has 0 unspecified atom stereocenters. The molecular weight excluding hydrogens is 265 g/mol. The molecule has 0 N–H and O–H groups in total. The Morgan fingerprint density at radius 2 is 2.00 bits per heavy atom. The summed E-state index contributed by atoms with van der Waals surface area (Å²) in [6, 6.07) is 0. The number of hydrogen-bond donors (Lipinski definition) is 0. The fourth-order valence-corrected chi connectivity index (χ4v) is 1.18. The van der Waals surface area contributed by atoms with Crippen LogP contribution in [0.1, 0.15) is 22.5 Å². The van der Waals surface area contributed by atoms with Gasteiger partial charge in [-0.05, 0) is 0 Å².